The maximum Gasteiger partial charge on any atom is 0.408 e. The van der Waals surface area contributed by atoms with Crippen LogP contribution >= 0.6 is 0 Å². The molecule has 31 heavy (non-hydrogen) atoms. The number of alkyl carbamates (subject to hydrolysis) is 1. The lowest BCUT2D eigenvalue weighted by Crippen LogP contribution is -2.54. The molecule has 0 aromatic heterocycles. The lowest BCUT2D eigenvalue weighted by molar-refractivity contribution is -0.156. The number of ether oxygens (including phenoxy) is 2. The van der Waals surface area contributed by atoms with Crippen LogP contribution in [0.5, 0.6) is 0 Å². The Kier molecular flexibility index (Phi) is 8.41. The first-order chi connectivity index (χ1) is 14.5. The maximum atomic E-state index is 12.9. The highest BCUT2D eigenvalue weighted by molar-refractivity contribution is 5.85. The monoisotopic (exact) mass is 433 g/mol. The molecule has 3 atom stereocenters. The van der Waals surface area contributed by atoms with Crippen molar-refractivity contribution in [1.82, 2.24) is 16.0 Å². The number of rotatable bonds is 8. The second kappa shape index (κ2) is 10.8. The third-order valence-electron chi connectivity index (χ3n) is 4.63. The van der Waals surface area contributed by atoms with Crippen LogP contribution in [0.15, 0.2) is 30.3 Å². The van der Waals surface area contributed by atoms with E-state index in [1.807, 2.05) is 30.3 Å². The van der Waals surface area contributed by atoms with E-state index in [9.17, 15) is 19.2 Å². The van der Waals surface area contributed by atoms with Gasteiger partial charge in [0.1, 0.15) is 5.60 Å². The Hall–Kier alpha value is -3.10. The zero-order valence-electron chi connectivity index (χ0n) is 18.4. The molecule has 3 amide bonds. The molecule has 170 valence electrons. The van der Waals surface area contributed by atoms with Gasteiger partial charge in [-0.05, 0) is 39.2 Å². The van der Waals surface area contributed by atoms with Crippen molar-refractivity contribution in [3.63, 3.8) is 0 Å². The molecule has 2 rings (SSSR count). The Morgan fingerprint density at radius 3 is 2.42 bits per heavy atom. The Morgan fingerprint density at radius 1 is 1.19 bits per heavy atom. The number of amides is 3. The minimum atomic E-state index is -1.32. The standard InChI is InChI=1S/C22H31N3O6/c1-14(26)30-18(20(28)24-13-15-8-6-5-7-9-15)17(12-16-10-11-23-19(16)27)25-21(29)31-22(2,3)4/h5-9,16-18H,10-13H2,1-4H3,(H,23,27)(H,24,28)(H,25,29)/t16-,17-,18?/m0/s1. The van der Waals surface area contributed by atoms with E-state index < -0.39 is 41.6 Å². The summed E-state index contributed by atoms with van der Waals surface area (Å²) < 4.78 is 10.6. The lowest BCUT2D eigenvalue weighted by atomic mass is 9.94. The summed E-state index contributed by atoms with van der Waals surface area (Å²) in [7, 11) is 0. The molecule has 1 saturated heterocycles. The van der Waals surface area contributed by atoms with Crippen molar-refractivity contribution in [2.24, 2.45) is 5.92 Å². The number of carbonyl (C=O) groups is 4. The number of carbonyl (C=O) groups excluding carboxylic acids is 4. The Labute approximate surface area is 182 Å². The summed E-state index contributed by atoms with van der Waals surface area (Å²) in [6.45, 7) is 7.05. The highest BCUT2D eigenvalue weighted by Gasteiger charge is 2.38. The Balaban J connectivity index is 2.19. The average molecular weight is 434 g/mol. The summed E-state index contributed by atoms with van der Waals surface area (Å²) in [5, 5.41) is 8.09. The molecule has 1 unspecified atom stereocenters. The largest absolute Gasteiger partial charge is 0.450 e. The predicted octanol–water partition coefficient (Wildman–Crippen LogP) is 1.65. The lowest BCUT2D eigenvalue weighted by Gasteiger charge is -2.29. The molecule has 1 heterocycles. The molecule has 1 aromatic carbocycles. The van der Waals surface area contributed by atoms with Gasteiger partial charge in [-0.1, -0.05) is 30.3 Å². The second-order valence-electron chi connectivity index (χ2n) is 8.50. The predicted molar refractivity (Wildman–Crippen MR) is 113 cm³/mol. The van der Waals surface area contributed by atoms with E-state index in [0.717, 1.165) is 5.56 Å². The van der Waals surface area contributed by atoms with Crippen molar-refractivity contribution in [3.8, 4) is 0 Å². The molecule has 1 aliphatic rings. The van der Waals surface area contributed by atoms with Crippen LogP contribution in [0.4, 0.5) is 4.79 Å². The van der Waals surface area contributed by atoms with Gasteiger partial charge in [0.2, 0.25) is 5.91 Å². The number of nitrogens with one attached hydrogen (secondary N) is 3. The van der Waals surface area contributed by atoms with E-state index in [-0.39, 0.29) is 18.9 Å². The fourth-order valence-electron chi connectivity index (χ4n) is 3.28. The molecular weight excluding hydrogens is 402 g/mol. The first-order valence-electron chi connectivity index (χ1n) is 10.3. The van der Waals surface area contributed by atoms with Gasteiger partial charge in [0.25, 0.3) is 5.91 Å². The molecule has 0 radical (unpaired) electrons. The summed E-state index contributed by atoms with van der Waals surface area (Å²) >= 11 is 0. The maximum absolute atomic E-state index is 12.9. The number of hydrogen-bond acceptors (Lipinski definition) is 6. The van der Waals surface area contributed by atoms with E-state index in [2.05, 4.69) is 16.0 Å². The van der Waals surface area contributed by atoms with Gasteiger partial charge in [-0.25, -0.2) is 4.79 Å². The zero-order chi connectivity index (χ0) is 23.0. The quantitative estimate of drug-likeness (QED) is 0.536. The van der Waals surface area contributed by atoms with Gasteiger partial charge in [-0.2, -0.15) is 0 Å². The average Bonchev–Trinajstić information content (AvgIpc) is 3.07. The number of benzene rings is 1. The van der Waals surface area contributed by atoms with Crippen LogP contribution in [0, 0.1) is 5.92 Å². The van der Waals surface area contributed by atoms with E-state index >= 15 is 0 Å². The normalized spacial score (nSPS) is 17.8. The van der Waals surface area contributed by atoms with Crippen LogP contribution in [-0.4, -0.2) is 48.2 Å². The van der Waals surface area contributed by atoms with Crippen molar-refractivity contribution in [2.75, 3.05) is 6.54 Å². The summed E-state index contributed by atoms with van der Waals surface area (Å²) in [4.78, 5) is 49.2. The first-order valence-corrected chi connectivity index (χ1v) is 10.3. The fraction of sp³-hybridized carbons (Fsp3) is 0.545. The molecule has 9 nitrogen and oxygen atoms in total. The minimum absolute atomic E-state index is 0.127. The van der Waals surface area contributed by atoms with Crippen LogP contribution in [0.3, 0.4) is 0 Å². The van der Waals surface area contributed by atoms with Crippen LogP contribution in [0.25, 0.3) is 0 Å². The number of hydrogen-bond donors (Lipinski definition) is 3. The van der Waals surface area contributed by atoms with E-state index in [0.29, 0.717) is 13.0 Å². The highest BCUT2D eigenvalue weighted by atomic mass is 16.6. The smallest absolute Gasteiger partial charge is 0.408 e. The first kappa shape index (κ1) is 24.2. The van der Waals surface area contributed by atoms with Crippen molar-refractivity contribution in [1.29, 1.82) is 0 Å². The molecule has 1 aliphatic heterocycles. The number of esters is 1. The molecule has 1 fully saturated rings. The molecule has 0 bridgehead atoms. The Bertz CT molecular complexity index is 790. The van der Waals surface area contributed by atoms with Crippen molar-refractivity contribution < 1.29 is 28.7 Å². The van der Waals surface area contributed by atoms with Crippen molar-refractivity contribution in [2.45, 2.75) is 64.8 Å². The van der Waals surface area contributed by atoms with Crippen LogP contribution in [0.2, 0.25) is 0 Å². The minimum Gasteiger partial charge on any atom is -0.450 e. The molecule has 0 spiro atoms. The topological polar surface area (TPSA) is 123 Å². The third kappa shape index (κ3) is 8.27. The van der Waals surface area contributed by atoms with Gasteiger partial charge in [0.15, 0.2) is 6.10 Å². The second-order valence-corrected chi connectivity index (χ2v) is 8.50. The summed E-state index contributed by atoms with van der Waals surface area (Å²) in [5.41, 5.74) is 0.107. The third-order valence-corrected chi connectivity index (χ3v) is 4.63. The fourth-order valence-corrected chi connectivity index (χ4v) is 3.28. The van der Waals surface area contributed by atoms with E-state index in [1.54, 1.807) is 20.8 Å². The van der Waals surface area contributed by atoms with Gasteiger partial charge >= 0.3 is 12.1 Å². The SMILES string of the molecule is CC(=O)OC(C(=O)NCc1ccccc1)[C@H](C[C@@H]1CCNC1=O)NC(=O)OC(C)(C)C. The van der Waals surface area contributed by atoms with Gasteiger partial charge in [-0.15, -0.1) is 0 Å². The van der Waals surface area contributed by atoms with Gasteiger partial charge in [-0.3, -0.25) is 14.4 Å². The van der Waals surface area contributed by atoms with E-state index in [4.69, 9.17) is 9.47 Å². The molecule has 1 aromatic rings. The zero-order valence-corrected chi connectivity index (χ0v) is 18.4. The van der Waals surface area contributed by atoms with Crippen molar-refractivity contribution in [3.05, 3.63) is 35.9 Å². The molecule has 9 heteroatoms. The molecule has 3 N–H and O–H groups in total. The Morgan fingerprint density at radius 2 is 1.87 bits per heavy atom. The highest BCUT2D eigenvalue weighted by Crippen LogP contribution is 2.20. The van der Waals surface area contributed by atoms with Crippen LogP contribution in [-0.2, 0) is 30.4 Å². The molecular formula is C22H31N3O6. The summed E-state index contributed by atoms with van der Waals surface area (Å²) in [6.07, 6.45) is -1.39. The van der Waals surface area contributed by atoms with Gasteiger partial charge in [0, 0.05) is 25.9 Å². The van der Waals surface area contributed by atoms with E-state index in [1.165, 1.54) is 6.92 Å². The van der Waals surface area contributed by atoms with Gasteiger partial charge in [0.05, 0.1) is 6.04 Å². The van der Waals surface area contributed by atoms with Crippen LogP contribution in [0.1, 0.15) is 46.1 Å². The van der Waals surface area contributed by atoms with Crippen LogP contribution < -0.4 is 16.0 Å². The van der Waals surface area contributed by atoms with Crippen molar-refractivity contribution >= 4 is 23.9 Å². The van der Waals surface area contributed by atoms with Gasteiger partial charge < -0.3 is 25.4 Å². The molecule has 0 aliphatic carbocycles. The summed E-state index contributed by atoms with van der Waals surface area (Å²) in [6, 6.07) is 8.30. The molecule has 0 saturated carbocycles. The summed E-state index contributed by atoms with van der Waals surface area (Å²) in [5.74, 6) is -1.83.